The highest BCUT2D eigenvalue weighted by Crippen LogP contribution is 2.65. The van der Waals surface area contributed by atoms with Crippen molar-refractivity contribution in [2.75, 3.05) is 0 Å². The van der Waals surface area contributed by atoms with Crippen LogP contribution in [0.2, 0.25) is 39.3 Å². The lowest BCUT2D eigenvalue weighted by Crippen LogP contribution is -2.77. The van der Waals surface area contributed by atoms with Gasteiger partial charge in [0.25, 0.3) is 11.1 Å². The van der Waals surface area contributed by atoms with E-state index in [0.29, 0.717) is 0 Å². The Bertz CT molecular complexity index is 639. The van der Waals surface area contributed by atoms with Crippen molar-refractivity contribution in [2.24, 2.45) is 0 Å². The summed E-state index contributed by atoms with van der Waals surface area (Å²) >= 11 is 0. The molecule has 0 rings (SSSR count). The van der Waals surface area contributed by atoms with Gasteiger partial charge in [0.2, 0.25) is 0 Å². The predicted molar refractivity (Wildman–Crippen MR) is 86.3 cm³/mol. The molecular formula is C14H18F16Si2. The van der Waals surface area contributed by atoms with Crippen LogP contribution in [0.15, 0.2) is 0 Å². The summed E-state index contributed by atoms with van der Waals surface area (Å²) in [4.78, 5) is 0. The highest BCUT2D eigenvalue weighted by atomic mass is 28.3. The van der Waals surface area contributed by atoms with E-state index in [-0.39, 0.29) is 39.3 Å². The molecule has 0 aliphatic carbocycles. The first-order valence-electron chi connectivity index (χ1n) is 8.27. The van der Waals surface area contributed by atoms with E-state index in [1.807, 2.05) is 0 Å². The normalized spacial score (nSPS) is 17.1. The van der Waals surface area contributed by atoms with Gasteiger partial charge in [0.1, 0.15) is 16.1 Å². The fourth-order valence-electron chi connectivity index (χ4n) is 2.12. The summed E-state index contributed by atoms with van der Waals surface area (Å²) in [6, 6.07) is 0. The minimum atomic E-state index is -8.34. The second kappa shape index (κ2) is 7.40. The number of hydrogen-bond acceptors (Lipinski definition) is 0. The fourth-order valence-corrected chi connectivity index (χ4v) is 4.32. The van der Waals surface area contributed by atoms with Gasteiger partial charge in [0.15, 0.2) is 0 Å². The molecule has 0 saturated carbocycles. The minimum absolute atomic E-state index is 0.199. The summed E-state index contributed by atoms with van der Waals surface area (Å²) < 4.78 is 220. The summed E-state index contributed by atoms with van der Waals surface area (Å²) in [6.07, 6.45) is 0. The largest absolute Gasteiger partial charge is 0.384 e. The first kappa shape index (κ1) is 31.3. The molecule has 0 bridgehead atoms. The van der Waals surface area contributed by atoms with Gasteiger partial charge >= 0.3 is 35.5 Å². The number of rotatable bonds is 9. The number of hydrogen-bond donors (Lipinski definition) is 0. The van der Waals surface area contributed by atoms with Gasteiger partial charge in [-0.1, -0.05) is 39.3 Å². The zero-order valence-electron chi connectivity index (χ0n) is 17.0. The molecule has 0 aliphatic rings. The summed E-state index contributed by atoms with van der Waals surface area (Å²) in [5.74, 6) is -47.8. The van der Waals surface area contributed by atoms with Crippen LogP contribution in [-0.4, -0.2) is 62.8 Å². The molecular weight excluding hydrogens is 528 g/mol. The van der Waals surface area contributed by atoms with Crippen LogP contribution < -0.4 is 0 Å². The summed E-state index contributed by atoms with van der Waals surface area (Å²) in [6.45, 7) is 1.19. The van der Waals surface area contributed by atoms with Gasteiger partial charge in [-0.25, -0.2) is 17.6 Å². The van der Waals surface area contributed by atoms with E-state index in [2.05, 4.69) is 0 Å². The van der Waals surface area contributed by atoms with E-state index in [1.165, 1.54) is 0 Å². The van der Waals surface area contributed by atoms with Gasteiger partial charge in [-0.15, -0.1) is 0 Å². The molecule has 32 heavy (non-hydrogen) atoms. The summed E-state index contributed by atoms with van der Waals surface area (Å²) in [7, 11) is -9.99. The molecule has 0 atom stereocenters. The molecule has 0 aromatic carbocycles. The third-order valence-electron chi connectivity index (χ3n) is 4.64. The maximum atomic E-state index is 13.8. The van der Waals surface area contributed by atoms with Crippen LogP contribution in [0.25, 0.3) is 0 Å². The Hall–Kier alpha value is -0.686. The zero-order valence-corrected chi connectivity index (χ0v) is 19.0. The monoisotopic (exact) mass is 546 g/mol. The lowest BCUT2D eigenvalue weighted by atomic mass is 9.91. The van der Waals surface area contributed by atoms with Gasteiger partial charge in [-0.3, -0.25) is 0 Å². The van der Waals surface area contributed by atoms with Crippen molar-refractivity contribution in [3.8, 4) is 0 Å². The van der Waals surface area contributed by atoms with Crippen molar-refractivity contribution >= 4 is 16.1 Å². The van der Waals surface area contributed by atoms with Gasteiger partial charge < -0.3 is 0 Å². The Kier molecular flexibility index (Phi) is 7.25. The Labute approximate surface area is 173 Å². The van der Waals surface area contributed by atoms with E-state index >= 15 is 0 Å². The predicted octanol–water partition coefficient (Wildman–Crippen LogP) is 7.82. The molecule has 0 aliphatic heterocycles. The van der Waals surface area contributed by atoms with Crippen LogP contribution in [0.1, 0.15) is 0 Å². The van der Waals surface area contributed by atoms with Crippen LogP contribution in [0.4, 0.5) is 70.2 Å². The van der Waals surface area contributed by atoms with E-state index in [1.54, 1.807) is 0 Å². The quantitative estimate of drug-likeness (QED) is 0.204. The highest BCUT2D eigenvalue weighted by Gasteiger charge is 2.95. The van der Waals surface area contributed by atoms with Crippen molar-refractivity contribution < 1.29 is 70.2 Å². The van der Waals surface area contributed by atoms with E-state index < -0.39 is 62.8 Å². The van der Waals surface area contributed by atoms with Crippen molar-refractivity contribution in [2.45, 2.75) is 85.9 Å². The molecule has 0 fully saturated rings. The molecule has 0 N–H and O–H groups in total. The van der Waals surface area contributed by atoms with Crippen LogP contribution >= 0.6 is 0 Å². The van der Waals surface area contributed by atoms with Crippen molar-refractivity contribution in [3.05, 3.63) is 0 Å². The number of halogens is 16. The number of alkyl halides is 16. The maximum absolute atomic E-state index is 13.8. The van der Waals surface area contributed by atoms with Crippen molar-refractivity contribution in [1.29, 1.82) is 0 Å². The molecule has 0 aromatic heterocycles. The molecule has 0 amide bonds. The Balaban J connectivity index is 7.00. The minimum Gasteiger partial charge on any atom is -0.205 e. The average molecular weight is 546 g/mol. The van der Waals surface area contributed by atoms with E-state index in [4.69, 9.17) is 0 Å². The third-order valence-corrected chi connectivity index (χ3v) is 9.04. The second-order valence-electron chi connectivity index (χ2n) is 9.10. The fraction of sp³-hybridized carbons (Fsp3) is 1.00. The molecule has 194 valence electrons. The van der Waals surface area contributed by atoms with Crippen LogP contribution in [0, 0.1) is 0 Å². The van der Waals surface area contributed by atoms with Gasteiger partial charge in [-0.2, -0.15) is 52.7 Å². The molecule has 0 spiro atoms. The standard InChI is InChI=1S/C14H18F16Si2/c1-31(2,3)13(27,28)11(23,24)9(19,20)7(15,16)8(17,18)10(21,22)12(25,26)14(29,30)32(4,5)6/h1-6H3. The topological polar surface area (TPSA) is 0 Å². The Morgan fingerprint density at radius 1 is 0.281 bits per heavy atom. The summed E-state index contributed by atoms with van der Waals surface area (Å²) in [5, 5.41) is 0. The smallest absolute Gasteiger partial charge is 0.205 e. The van der Waals surface area contributed by atoms with Crippen LogP contribution in [-0.2, 0) is 0 Å². The average Bonchev–Trinajstić information content (AvgIpc) is 2.51. The van der Waals surface area contributed by atoms with E-state index in [9.17, 15) is 70.2 Å². The first-order valence-corrected chi connectivity index (χ1v) is 15.3. The summed E-state index contributed by atoms with van der Waals surface area (Å²) in [5.41, 5.74) is -12.3. The van der Waals surface area contributed by atoms with Gasteiger partial charge in [0, 0.05) is 0 Å². The molecule has 0 saturated heterocycles. The highest BCUT2D eigenvalue weighted by molar-refractivity contribution is 6.79. The van der Waals surface area contributed by atoms with Crippen molar-refractivity contribution in [3.63, 3.8) is 0 Å². The van der Waals surface area contributed by atoms with Crippen LogP contribution in [0.5, 0.6) is 0 Å². The molecule has 18 heteroatoms. The van der Waals surface area contributed by atoms with Crippen LogP contribution in [0.3, 0.4) is 0 Å². The van der Waals surface area contributed by atoms with Gasteiger partial charge in [0.05, 0.1) is 0 Å². The zero-order chi connectivity index (χ0) is 27.0. The molecule has 0 aromatic rings. The maximum Gasteiger partial charge on any atom is 0.384 e. The van der Waals surface area contributed by atoms with E-state index in [0.717, 1.165) is 0 Å². The molecule has 0 nitrogen and oxygen atoms in total. The third kappa shape index (κ3) is 3.64. The first-order chi connectivity index (χ1) is 13.2. The molecule has 0 unspecified atom stereocenters. The van der Waals surface area contributed by atoms with Crippen molar-refractivity contribution in [1.82, 2.24) is 0 Å². The Morgan fingerprint density at radius 3 is 0.531 bits per heavy atom. The van der Waals surface area contributed by atoms with Gasteiger partial charge in [-0.05, 0) is 0 Å². The molecule has 0 radical (unpaired) electrons. The SMILES string of the molecule is C[Si](C)(C)C(F)(F)C(F)(F)C(F)(F)C(F)(F)C(F)(F)C(F)(F)C(F)(F)C(F)(F)[Si](C)(C)C. The molecule has 0 heterocycles. The lowest BCUT2D eigenvalue weighted by Gasteiger charge is -2.46. The second-order valence-corrected chi connectivity index (χ2v) is 19.4. The Morgan fingerprint density at radius 2 is 0.406 bits per heavy atom. The lowest BCUT2D eigenvalue weighted by molar-refractivity contribution is -0.445.